The summed E-state index contributed by atoms with van der Waals surface area (Å²) < 4.78 is 13.4. The topological polar surface area (TPSA) is 69.5 Å². The number of benzene rings is 1. The number of pyridine rings is 1. The number of fused-ring (bicyclic) bond motifs is 2. The molecule has 0 aliphatic carbocycles. The zero-order chi connectivity index (χ0) is 18.3. The lowest BCUT2D eigenvalue weighted by atomic mass is 10.2. The van der Waals surface area contributed by atoms with Crippen molar-refractivity contribution >= 4 is 16.9 Å². The largest absolute Gasteiger partial charge is 0.486 e. The van der Waals surface area contributed by atoms with Gasteiger partial charge in [-0.15, -0.1) is 0 Å². The van der Waals surface area contributed by atoms with E-state index < -0.39 is 0 Å². The van der Waals surface area contributed by atoms with Crippen LogP contribution in [0.3, 0.4) is 0 Å². The van der Waals surface area contributed by atoms with E-state index in [0.29, 0.717) is 24.5 Å². The Kier molecular flexibility index (Phi) is 3.99. The summed E-state index contributed by atoms with van der Waals surface area (Å²) in [5, 5.41) is 5.23. The van der Waals surface area contributed by atoms with Crippen LogP contribution in [0, 0.1) is 6.92 Å². The van der Waals surface area contributed by atoms with E-state index in [1.165, 1.54) is 0 Å². The maximum atomic E-state index is 12.8. The quantitative estimate of drug-likeness (QED) is 0.723. The van der Waals surface area contributed by atoms with E-state index in [-0.39, 0.29) is 12.0 Å². The van der Waals surface area contributed by atoms with Gasteiger partial charge in [0.05, 0.1) is 17.8 Å². The lowest BCUT2D eigenvalue weighted by Gasteiger charge is -2.29. The minimum Gasteiger partial charge on any atom is -0.486 e. The first kappa shape index (κ1) is 16.4. The number of carbonyl (C=O) groups is 1. The summed E-state index contributed by atoms with van der Waals surface area (Å²) in [5.74, 6) is 1.34. The molecule has 0 saturated heterocycles. The number of hydrogen-bond acceptors (Lipinski definition) is 5. The Bertz CT molecular complexity index is 982. The Hall–Kier alpha value is -3.09. The molecule has 0 bridgehead atoms. The molecule has 0 unspecified atom stereocenters. The zero-order valence-corrected chi connectivity index (χ0v) is 15.0. The summed E-state index contributed by atoms with van der Waals surface area (Å²) in [5.41, 5.74) is 2.16. The van der Waals surface area contributed by atoms with Crippen molar-refractivity contribution in [3.05, 3.63) is 47.8 Å². The van der Waals surface area contributed by atoms with E-state index in [9.17, 15) is 4.79 Å². The van der Waals surface area contributed by atoms with Crippen molar-refractivity contribution in [2.24, 2.45) is 7.05 Å². The summed E-state index contributed by atoms with van der Waals surface area (Å²) in [7, 11) is 3.60. The van der Waals surface area contributed by atoms with Crippen LogP contribution in [0.4, 0.5) is 0 Å². The van der Waals surface area contributed by atoms with Crippen LogP contribution in [0.25, 0.3) is 11.0 Å². The number of carbonyl (C=O) groups excluding carboxylic acids is 1. The predicted octanol–water partition coefficient (Wildman–Crippen LogP) is 2.19. The Balaban J connectivity index is 1.49. The minimum absolute atomic E-state index is 0.106. The van der Waals surface area contributed by atoms with Crippen LogP contribution in [0.5, 0.6) is 11.5 Å². The summed E-state index contributed by atoms with van der Waals surface area (Å²) in [6, 6.07) is 9.39. The average Bonchev–Trinajstić information content (AvgIpc) is 2.94. The van der Waals surface area contributed by atoms with E-state index in [0.717, 1.165) is 22.5 Å². The third-order valence-corrected chi connectivity index (χ3v) is 4.50. The van der Waals surface area contributed by atoms with Gasteiger partial charge in [-0.25, -0.2) is 4.98 Å². The molecule has 0 N–H and O–H groups in total. The van der Waals surface area contributed by atoms with Gasteiger partial charge in [0.25, 0.3) is 5.91 Å². The van der Waals surface area contributed by atoms with Crippen LogP contribution in [0.1, 0.15) is 16.1 Å². The van der Waals surface area contributed by atoms with Gasteiger partial charge in [-0.2, -0.15) is 5.10 Å². The first-order chi connectivity index (χ1) is 12.5. The molecular formula is C19H20N4O3. The van der Waals surface area contributed by atoms with Crippen LogP contribution in [0.2, 0.25) is 0 Å². The smallest absolute Gasteiger partial charge is 0.255 e. The van der Waals surface area contributed by atoms with Crippen molar-refractivity contribution in [3.8, 4) is 11.5 Å². The van der Waals surface area contributed by atoms with Gasteiger partial charge >= 0.3 is 0 Å². The summed E-state index contributed by atoms with van der Waals surface area (Å²) in [6.07, 6.45) is 1.38. The molecule has 1 atom stereocenters. The Morgan fingerprint density at radius 1 is 1.35 bits per heavy atom. The number of para-hydroxylation sites is 2. The summed E-state index contributed by atoms with van der Waals surface area (Å²) in [4.78, 5) is 18.8. The normalized spacial score (nSPS) is 15.9. The fourth-order valence-electron chi connectivity index (χ4n) is 3.19. The molecule has 26 heavy (non-hydrogen) atoms. The molecule has 3 aromatic rings. The van der Waals surface area contributed by atoms with Gasteiger partial charge in [0.1, 0.15) is 6.61 Å². The van der Waals surface area contributed by atoms with E-state index in [1.54, 1.807) is 22.8 Å². The molecule has 0 saturated carbocycles. The van der Waals surface area contributed by atoms with Crippen molar-refractivity contribution in [2.45, 2.75) is 13.0 Å². The molecule has 134 valence electrons. The van der Waals surface area contributed by atoms with Crippen molar-refractivity contribution in [3.63, 3.8) is 0 Å². The molecular weight excluding hydrogens is 332 g/mol. The molecule has 4 rings (SSSR count). The molecule has 7 nitrogen and oxygen atoms in total. The highest BCUT2D eigenvalue weighted by molar-refractivity contribution is 5.97. The molecule has 0 radical (unpaired) electrons. The van der Waals surface area contributed by atoms with Crippen molar-refractivity contribution in [1.82, 2.24) is 19.7 Å². The third-order valence-electron chi connectivity index (χ3n) is 4.50. The van der Waals surface area contributed by atoms with Gasteiger partial charge in [0.2, 0.25) is 0 Å². The van der Waals surface area contributed by atoms with Crippen LogP contribution in [-0.2, 0) is 7.05 Å². The molecule has 1 aromatic carbocycles. The molecule has 7 heteroatoms. The number of amides is 1. The van der Waals surface area contributed by atoms with Crippen LogP contribution in [0.15, 0.2) is 36.5 Å². The van der Waals surface area contributed by atoms with Crippen LogP contribution < -0.4 is 9.47 Å². The molecule has 1 amide bonds. The summed E-state index contributed by atoms with van der Waals surface area (Å²) >= 11 is 0. The molecule has 3 heterocycles. The summed E-state index contributed by atoms with van der Waals surface area (Å²) in [6.45, 7) is 2.75. The van der Waals surface area contributed by atoms with Crippen LogP contribution in [-0.4, -0.2) is 51.9 Å². The molecule has 2 aromatic heterocycles. The molecule has 1 aliphatic rings. The number of likely N-dealkylation sites (N-methyl/N-ethyl adjacent to an activating group) is 1. The van der Waals surface area contributed by atoms with Gasteiger partial charge in [-0.1, -0.05) is 12.1 Å². The van der Waals surface area contributed by atoms with Crippen LogP contribution >= 0.6 is 0 Å². The monoisotopic (exact) mass is 352 g/mol. The van der Waals surface area contributed by atoms with E-state index in [2.05, 4.69) is 10.1 Å². The second-order valence-electron chi connectivity index (χ2n) is 6.49. The van der Waals surface area contributed by atoms with Gasteiger partial charge < -0.3 is 14.4 Å². The van der Waals surface area contributed by atoms with Crippen molar-refractivity contribution < 1.29 is 14.3 Å². The highest BCUT2D eigenvalue weighted by Crippen LogP contribution is 2.31. The average molecular weight is 352 g/mol. The van der Waals surface area contributed by atoms with E-state index >= 15 is 0 Å². The minimum atomic E-state index is -0.212. The molecule has 0 fully saturated rings. The number of rotatable bonds is 3. The molecule has 0 spiro atoms. The number of nitrogens with zero attached hydrogens (tertiary/aromatic N) is 4. The Labute approximate surface area is 151 Å². The fourth-order valence-corrected chi connectivity index (χ4v) is 3.19. The predicted molar refractivity (Wildman–Crippen MR) is 96.6 cm³/mol. The van der Waals surface area contributed by atoms with Gasteiger partial charge in [0.15, 0.2) is 23.3 Å². The highest BCUT2D eigenvalue weighted by Gasteiger charge is 2.24. The van der Waals surface area contributed by atoms with Crippen molar-refractivity contribution in [1.29, 1.82) is 0 Å². The maximum absolute atomic E-state index is 12.8. The first-order valence-electron chi connectivity index (χ1n) is 8.46. The lowest BCUT2D eigenvalue weighted by molar-refractivity contribution is 0.0521. The third kappa shape index (κ3) is 2.85. The number of aromatic nitrogens is 3. The number of aryl methyl sites for hydroxylation is 2. The number of ether oxygens (including phenoxy) is 2. The van der Waals surface area contributed by atoms with Gasteiger partial charge in [0, 0.05) is 25.7 Å². The second kappa shape index (κ2) is 6.33. The Morgan fingerprint density at radius 2 is 2.12 bits per heavy atom. The van der Waals surface area contributed by atoms with E-state index in [4.69, 9.17) is 9.47 Å². The van der Waals surface area contributed by atoms with Gasteiger partial charge in [-0.05, 0) is 25.1 Å². The van der Waals surface area contributed by atoms with Crippen molar-refractivity contribution in [2.75, 3.05) is 20.2 Å². The SMILES string of the molecule is Cc1nn(C)c2ncc(C(=O)N(C)C[C@@H]3COc4ccccc4O3)cc12. The first-order valence-corrected chi connectivity index (χ1v) is 8.46. The van der Waals surface area contributed by atoms with Gasteiger partial charge in [-0.3, -0.25) is 9.48 Å². The Morgan fingerprint density at radius 3 is 2.92 bits per heavy atom. The maximum Gasteiger partial charge on any atom is 0.255 e. The standard InChI is InChI=1S/C19H20N4O3/c1-12-15-8-13(9-20-18(15)23(3)21-12)19(24)22(2)10-14-11-25-16-6-4-5-7-17(16)26-14/h4-9,14H,10-11H2,1-3H3/t14-/m1/s1. The fraction of sp³-hybridized carbons (Fsp3) is 0.316. The zero-order valence-electron chi connectivity index (χ0n) is 15.0. The molecule has 1 aliphatic heterocycles. The van der Waals surface area contributed by atoms with E-state index in [1.807, 2.05) is 44.3 Å². The number of hydrogen-bond donors (Lipinski definition) is 0. The lowest BCUT2D eigenvalue weighted by Crippen LogP contribution is -2.41. The second-order valence-corrected chi connectivity index (χ2v) is 6.49. The highest BCUT2D eigenvalue weighted by atomic mass is 16.6.